The lowest BCUT2D eigenvalue weighted by atomic mass is 10.1. The van der Waals surface area contributed by atoms with E-state index in [1.807, 2.05) is 6.07 Å². The van der Waals surface area contributed by atoms with Crippen LogP contribution in [0.25, 0.3) is 10.6 Å². The summed E-state index contributed by atoms with van der Waals surface area (Å²) in [4.78, 5) is 28.2. The van der Waals surface area contributed by atoms with Crippen LogP contribution in [0.1, 0.15) is 20.8 Å². The Morgan fingerprint density at radius 2 is 1.92 bits per heavy atom. The summed E-state index contributed by atoms with van der Waals surface area (Å²) in [5.41, 5.74) is 1.18. The second-order valence-electron chi connectivity index (χ2n) is 5.05. The Kier molecular flexibility index (Phi) is 5.21. The molecule has 2 aromatic carbocycles. The molecule has 0 radical (unpaired) electrons. The van der Waals surface area contributed by atoms with Crippen LogP contribution in [0.4, 0.5) is 4.39 Å². The number of Topliss-reactive ketones (excluding diaryl/α,β-unsaturated/α-hetero) is 1. The number of nitrogens with zero attached hydrogens (tertiary/aromatic N) is 1. The second-order valence-corrected chi connectivity index (χ2v) is 6.35. The third-order valence-corrected chi connectivity index (χ3v) is 4.41. The van der Waals surface area contributed by atoms with Crippen LogP contribution in [-0.2, 0) is 4.74 Å². The zero-order chi connectivity index (χ0) is 17.8. The Bertz CT molecular complexity index is 924. The van der Waals surface area contributed by atoms with Crippen molar-refractivity contribution in [3.8, 4) is 10.6 Å². The molecule has 1 aromatic heterocycles. The van der Waals surface area contributed by atoms with Crippen LogP contribution in [0.15, 0.2) is 53.9 Å². The first-order valence-electron chi connectivity index (χ1n) is 7.20. The van der Waals surface area contributed by atoms with Crippen molar-refractivity contribution in [3.05, 3.63) is 76.0 Å². The number of aromatic nitrogens is 1. The lowest BCUT2D eigenvalue weighted by molar-refractivity contribution is 0.0470. The average Bonchev–Trinajstić information content (AvgIpc) is 3.10. The number of ether oxygens (including phenoxy) is 1. The highest BCUT2D eigenvalue weighted by atomic mass is 35.5. The van der Waals surface area contributed by atoms with Gasteiger partial charge in [-0.05, 0) is 36.4 Å². The number of hydrogen-bond donors (Lipinski definition) is 0. The van der Waals surface area contributed by atoms with E-state index in [-0.39, 0.29) is 11.3 Å². The molecule has 126 valence electrons. The highest BCUT2D eigenvalue weighted by Gasteiger charge is 2.16. The maximum Gasteiger partial charge on any atom is 0.358 e. The fourth-order valence-corrected chi connectivity index (χ4v) is 3.02. The van der Waals surface area contributed by atoms with Crippen LogP contribution in [0.5, 0.6) is 0 Å². The van der Waals surface area contributed by atoms with Crippen molar-refractivity contribution in [1.29, 1.82) is 0 Å². The molecular weight excluding hydrogens is 365 g/mol. The van der Waals surface area contributed by atoms with E-state index in [1.165, 1.54) is 35.6 Å². The van der Waals surface area contributed by atoms with Crippen molar-refractivity contribution in [2.75, 3.05) is 6.61 Å². The van der Waals surface area contributed by atoms with Crippen LogP contribution < -0.4 is 0 Å². The molecule has 1 heterocycles. The van der Waals surface area contributed by atoms with Gasteiger partial charge in [-0.15, -0.1) is 11.3 Å². The smallest absolute Gasteiger partial charge is 0.358 e. The molecule has 0 unspecified atom stereocenters. The van der Waals surface area contributed by atoms with Crippen molar-refractivity contribution in [2.45, 2.75) is 0 Å². The normalized spacial score (nSPS) is 10.5. The van der Waals surface area contributed by atoms with Gasteiger partial charge in [0.05, 0.1) is 0 Å². The zero-order valence-corrected chi connectivity index (χ0v) is 14.3. The SMILES string of the molecule is O=C(COC(=O)c1csc(-c2cccc(Cl)c2)n1)c1ccc(F)cc1. The highest BCUT2D eigenvalue weighted by molar-refractivity contribution is 7.13. The standard InChI is InChI=1S/C18H11ClFNO3S/c19-13-3-1-2-12(8-13)17-21-15(10-25-17)18(23)24-9-16(22)11-4-6-14(20)7-5-11/h1-8,10H,9H2. The molecular formula is C18H11ClFNO3S. The summed E-state index contributed by atoms with van der Waals surface area (Å²) in [6.45, 7) is -0.436. The van der Waals surface area contributed by atoms with Crippen LogP contribution in [0.3, 0.4) is 0 Å². The van der Waals surface area contributed by atoms with Gasteiger partial charge in [0, 0.05) is 21.5 Å². The molecule has 0 saturated carbocycles. The molecule has 0 aliphatic rings. The van der Waals surface area contributed by atoms with Crippen molar-refractivity contribution in [2.24, 2.45) is 0 Å². The summed E-state index contributed by atoms with van der Waals surface area (Å²) in [7, 11) is 0. The third kappa shape index (κ3) is 4.29. The van der Waals surface area contributed by atoms with Gasteiger partial charge in [0.25, 0.3) is 0 Å². The fraction of sp³-hybridized carbons (Fsp3) is 0.0556. The van der Waals surface area contributed by atoms with Crippen LogP contribution in [0.2, 0.25) is 5.02 Å². The summed E-state index contributed by atoms with van der Waals surface area (Å²) in [5, 5.41) is 2.75. The minimum Gasteiger partial charge on any atom is -0.453 e. The molecule has 0 saturated heterocycles. The first-order chi connectivity index (χ1) is 12.0. The molecule has 3 aromatic rings. The Balaban J connectivity index is 1.64. The fourth-order valence-electron chi connectivity index (χ4n) is 2.05. The van der Waals surface area contributed by atoms with Gasteiger partial charge in [0.15, 0.2) is 18.1 Å². The Morgan fingerprint density at radius 1 is 1.16 bits per heavy atom. The van der Waals surface area contributed by atoms with Crippen molar-refractivity contribution < 1.29 is 18.7 Å². The minimum absolute atomic E-state index is 0.117. The van der Waals surface area contributed by atoms with Crippen molar-refractivity contribution in [1.82, 2.24) is 4.98 Å². The van der Waals surface area contributed by atoms with Crippen molar-refractivity contribution in [3.63, 3.8) is 0 Å². The molecule has 0 bridgehead atoms. The van der Waals surface area contributed by atoms with Gasteiger partial charge in [0.1, 0.15) is 10.8 Å². The molecule has 0 spiro atoms. The predicted molar refractivity (Wildman–Crippen MR) is 93.6 cm³/mol. The van der Waals surface area contributed by atoms with Gasteiger partial charge in [0.2, 0.25) is 0 Å². The van der Waals surface area contributed by atoms with E-state index in [9.17, 15) is 14.0 Å². The molecule has 0 amide bonds. The molecule has 0 N–H and O–H groups in total. The zero-order valence-electron chi connectivity index (χ0n) is 12.7. The molecule has 0 atom stereocenters. The first-order valence-corrected chi connectivity index (χ1v) is 8.46. The molecule has 7 heteroatoms. The van der Waals surface area contributed by atoms with Gasteiger partial charge < -0.3 is 4.74 Å². The van der Waals surface area contributed by atoms with E-state index in [2.05, 4.69) is 4.98 Å². The third-order valence-electron chi connectivity index (χ3n) is 3.29. The average molecular weight is 376 g/mol. The summed E-state index contributed by atoms with van der Waals surface area (Å²) < 4.78 is 17.8. The lowest BCUT2D eigenvalue weighted by Crippen LogP contribution is -2.14. The van der Waals surface area contributed by atoms with E-state index >= 15 is 0 Å². The van der Waals surface area contributed by atoms with Crippen LogP contribution in [0, 0.1) is 5.82 Å². The van der Waals surface area contributed by atoms with E-state index in [1.54, 1.807) is 23.6 Å². The molecule has 25 heavy (non-hydrogen) atoms. The maximum atomic E-state index is 12.8. The maximum absolute atomic E-state index is 12.8. The number of halogens is 2. The molecule has 3 rings (SSSR count). The number of hydrogen-bond acceptors (Lipinski definition) is 5. The highest BCUT2D eigenvalue weighted by Crippen LogP contribution is 2.26. The van der Waals surface area contributed by atoms with Gasteiger partial charge in [-0.2, -0.15) is 0 Å². The Morgan fingerprint density at radius 3 is 2.64 bits per heavy atom. The van der Waals surface area contributed by atoms with Crippen LogP contribution in [-0.4, -0.2) is 23.3 Å². The number of esters is 1. The summed E-state index contributed by atoms with van der Waals surface area (Å²) >= 11 is 7.22. The Labute approximate surface area is 151 Å². The van der Waals surface area contributed by atoms with E-state index in [0.717, 1.165) is 5.56 Å². The van der Waals surface area contributed by atoms with E-state index < -0.39 is 24.2 Å². The summed E-state index contributed by atoms with van der Waals surface area (Å²) in [5.74, 6) is -1.55. The number of carbonyl (C=O) groups is 2. The quantitative estimate of drug-likeness (QED) is 0.481. The number of carbonyl (C=O) groups excluding carboxylic acids is 2. The first kappa shape index (κ1) is 17.3. The lowest BCUT2D eigenvalue weighted by Gasteiger charge is -2.02. The molecule has 0 fully saturated rings. The number of benzene rings is 2. The van der Waals surface area contributed by atoms with Gasteiger partial charge >= 0.3 is 5.97 Å². The summed E-state index contributed by atoms with van der Waals surface area (Å²) in [6.07, 6.45) is 0. The van der Waals surface area contributed by atoms with Gasteiger partial charge in [-0.1, -0.05) is 23.7 Å². The van der Waals surface area contributed by atoms with Gasteiger partial charge in [-0.25, -0.2) is 14.2 Å². The number of rotatable bonds is 5. The van der Waals surface area contributed by atoms with Gasteiger partial charge in [-0.3, -0.25) is 4.79 Å². The number of thiazole rings is 1. The number of ketones is 1. The minimum atomic E-state index is -0.694. The van der Waals surface area contributed by atoms with Crippen LogP contribution >= 0.6 is 22.9 Å². The Hall–Kier alpha value is -2.57. The second kappa shape index (κ2) is 7.55. The van der Waals surface area contributed by atoms with E-state index in [0.29, 0.717) is 10.0 Å². The summed E-state index contributed by atoms with van der Waals surface area (Å²) in [6, 6.07) is 12.1. The van der Waals surface area contributed by atoms with Crippen molar-refractivity contribution >= 4 is 34.7 Å². The largest absolute Gasteiger partial charge is 0.453 e. The molecule has 0 aliphatic carbocycles. The topological polar surface area (TPSA) is 56.3 Å². The molecule has 4 nitrogen and oxygen atoms in total. The monoisotopic (exact) mass is 375 g/mol. The van der Waals surface area contributed by atoms with E-state index in [4.69, 9.17) is 16.3 Å². The predicted octanol–water partition coefficient (Wildman–Crippen LogP) is 4.64. The molecule has 0 aliphatic heterocycles.